The molecule has 22 heavy (non-hydrogen) atoms. The van der Waals surface area contributed by atoms with Gasteiger partial charge in [0.25, 0.3) is 0 Å². The fourth-order valence-electron chi connectivity index (χ4n) is 3.70. The van der Waals surface area contributed by atoms with Gasteiger partial charge in [-0.25, -0.2) is 4.79 Å². The van der Waals surface area contributed by atoms with Gasteiger partial charge in [0.15, 0.2) is 8.32 Å². The van der Waals surface area contributed by atoms with Crippen LogP contribution in [0.4, 0.5) is 4.79 Å². The molecule has 3 rings (SSSR count). The molecule has 0 aromatic heterocycles. The van der Waals surface area contributed by atoms with E-state index in [0.29, 0.717) is 11.8 Å². The molecule has 2 aliphatic carbocycles. The molecule has 3 unspecified atom stereocenters. The van der Waals surface area contributed by atoms with Crippen LogP contribution in [0.25, 0.3) is 0 Å². The fraction of sp³-hybridized carbons (Fsp3) is 0.941. The van der Waals surface area contributed by atoms with Crippen LogP contribution in [-0.4, -0.2) is 42.6 Å². The minimum absolute atomic E-state index is 0.109. The second-order valence-electron chi connectivity index (χ2n) is 9.07. The summed E-state index contributed by atoms with van der Waals surface area (Å²) >= 11 is 0. The Bertz CT molecular complexity index is 451. The number of hydrogen-bond donors (Lipinski definition) is 1. The summed E-state index contributed by atoms with van der Waals surface area (Å²) in [6.45, 7) is 11.3. The van der Waals surface area contributed by atoms with Crippen LogP contribution in [0.5, 0.6) is 0 Å². The lowest BCUT2D eigenvalue weighted by atomic mass is 10.1. The smallest absolute Gasteiger partial charge is 0.407 e. The second-order valence-corrected chi connectivity index (χ2v) is 13.8. The first kappa shape index (κ1) is 16.3. The zero-order valence-electron chi connectivity index (χ0n) is 14.6. The molecule has 126 valence electrons. The summed E-state index contributed by atoms with van der Waals surface area (Å²) in [6.07, 6.45) is 5.04. The SMILES string of the molecule is CC(C)(C)[Si](C)(C)OC1CC(C2CC2)N(C(=O)O)C1C1CC1. The summed E-state index contributed by atoms with van der Waals surface area (Å²) in [5.74, 6) is 1.12. The number of carbonyl (C=O) groups is 1. The van der Waals surface area contributed by atoms with Gasteiger partial charge < -0.3 is 9.53 Å². The van der Waals surface area contributed by atoms with Crippen molar-refractivity contribution in [3.05, 3.63) is 0 Å². The highest BCUT2D eigenvalue weighted by molar-refractivity contribution is 6.74. The van der Waals surface area contributed by atoms with E-state index in [4.69, 9.17) is 4.43 Å². The third-order valence-corrected chi connectivity index (χ3v) is 10.8. The molecule has 4 nitrogen and oxygen atoms in total. The lowest BCUT2D eigenvalue weighted by Crippen LogP contribution is -2.49. The molecule has 2 saturated carbocycles. The van der Waals surface area contributed by atoms with E-state index in [1.165, 1.54) is 25.7 Å². The average Bonchev–Trinajstić information content (AvgIpc) is 3.25. The Kier molecular flexibility index (Phi) is 3.88. The Labute approximate surface area is 135 Å². The molecule has 0 radical (unpaired) electrons. The number of nitrogens with zero attached hydrogens (tertiary/aromatic N) is 1. The van der Waals surface area contributed by atoms with Crippen LogP contribution in [0.15, 0.2) is 0 Å². The van der Waals surface area contributed by atoms with Crippen molar-refractivity contribution < 1.29 is 14.3 Å². The summed E-state index contributed by atoms with van der Waals surface area (Å²) in [5.41, 5.74) is 0. The first-order valence-electron chi connectivity index (χ1n) is 8.81. The molecule has 3 fully saturated rings. The first-order valence-corrected chi connectivity index (χ1v) is 11.7. The molecule has 1 saturated heterocycles. The third kappa shape index (κ3) is 2.94. The number of carboxylic acid groups (broad SMARTS) is 1. The van der Waals surface area contributed by atoms with Gasteiger partial charge in [0, 0.05) is 6.04 Å². The van der Waals surface area contributed by atoms with E-state index in [1.54, 1.807) is 4.90 Å². The topological polar surface area (TPSA) is 49.8 Å². The van der Waals surface area contributed by atoms with E-state index < -0.39 is 14.4 Å². The summed E-state index contributed by atoms with van der Waals surface area (Å²) in [6, 6.07) is 0.315. The minimum Gasteiger partial charge on any atom is -0.465 e. The Balaban J connectivity index is 1.82. The predicted molar refractivity (Wildman–Crippen MR) is 89.6 cm³/mol. The van der Waals surface area contributed by atoms with E-state index in [2.05, 4.69) is 33.9 Å². The molecule has 0 bridgehead atoms. The maximum atomic E-state index is 11.9. The summed E-state index contributed by atoms with van der Waals surface area (Å²) in [5, 5.41) is 9.94. The fourth-order valence-corrected chi connectivity index (χ4v) is 5.05. The van der Waals surface area contributed by atoms with Crippen molar-refractivity contribution in [2.45, 2.75) is 89.2 Å². The number of likely N-dealkylation sites (tertiary alicyclic amines) is 1. The quantitative estimate of drug-likeness (QED) is 0.783. The normalized spacial score (nSPS) is 33.3. The molecule has 3 atom stereocenters. The van der Waals surface area contributed by atoms with Gasteiger partial charge in [-0.2, -0.15) is 0 Å². The van der Waals surface area contributed by atoms with Crippen molar-refractivity contribution in [1.82, 2.24) is 4.90 Å². The highest BCUT2D eigenvalue weighted by Crippen LogP contribution is 2.50. The Morgan fingerprint density at radius 3 is 2.09 bits per heavy atom. The van der Waals surface area contributed by atoms with Crippen LogP contribution >= 0.6 is 0 Å². The summed E-state index contributed by atoms with van der Waals surface area (Å²) in [4.78, 5) is 13.7. The van der Waals surface area contributed by atoms with Crippen LogP contribution in [0, 0.1) is 11.8 Å². The summed E-state index contributed by atoms with van der Waals surface area (Å²) < 4.78 is 6.70. The molecule has 1 N–H and O–H groups in total. The molecular weight excluding hydrogens is 294 g/mol. The predicted octanol–water partition coefficient (Wildman–Crippen LogP) is 4.32. The Morgan fingerprint density at radius 2 is 1.68 bits per heavy atom. The zero-order chi connectivity index (χ0) is 16.3. The lowest BCUT2D eigenvalue weighted by molar-refractivity contribution is 0.0842. The maximum Gasteiger partial charge on any atom is 0.407 e. The van der Waals surface area contributed by atoms with Gasteiger partial charge >= 0.3 is 6.09 Å². The molecular formula is C17H31NO3Si. The van der Waals surface area contributed by atoms with Gasteiger partial charge in [-0.05, 0) is 62.1 Å². The van der Waals surface area contributed by atoms with Crippen molar-refractivity contribution >= 4 is 14.4 Å². The van der Waals surface area contributed by atoms with Crippen molar-refractivity contribution in [1.29, 1.82) is 0 Å². The van der Waals surface area contributed by atoms with Gasteiger partial charge in [-0.15, -0.1) is 0 Å². The molecule has 1 aliphatic heterocycles. The van der Waals surface area contributed by atoms with Gasteiger partial charge in [0.2, 0.25) is 0 Å². The number of amides is 1. The molecule has 3 aliphatic rings. The standard InChI is InChI=1S/C17H31NO3Si/c1-17(2,3)22(4,5)21-14-10-13(11-6-7-11)18(16(19)20)15(14)12-8-9-12/h11-15H,6-10H2,1-5H3,(H,19,20). The van der Waals surface area contributed by atoms with Crippen LogP contribution < -0.4 is 0 Å². The van der Waals surface area contributed by atoms with Crippen molar-refractivity contribution in [3.63, 3.8) is 0 Å². The van der Waals surface area contributed by atoms with Crippen molar-refractivity contribution in [2.75, 3.05) is 0 Å². The minimum atomic E-state index is -1.86. The molecule has 1 amide bonds. The third-order valence-electron chi connectivity index (χ3n) is 6.28. The molecule has 1 heterocycles. The largest absolute Gasteiger partial charge is 0.465 e. The van der Waals surface area contributed by atoms with Gasteiger partial charge in [0.1, 0.15) is 0 Å². The van der Waals surface area contributed by atoms with E-state index >= 15 is 0 Å². The van der Waals surface area contributed by atoms with E-state index in [1.807, 2.05) is 0 Å². The summed E-state index contributed by atoms with van der Waals surface area (Å²) in [7, 11) is -1.86. The average molecular weight is 326 g/mol. The number of hydrogen-bond acceptors (Lipinski definition) is 2. The van der Waals surface area contributed by atoms with Crippen LogP contribution in [0.2, 0.25) is 18.1 Å². The molecule has 0 aromatic carbocycles. The second kappa shape index (κ2) is 5.23. The van der Waals surface area contributed by atoms with Gasteiger partial charge in [-0.3, -0.25) is 4.90 Å². The Morgan fingerprint density at radius 1 is 1.14 bits per heavy atom. The first-order chi connectivity index (χ1) is 10.1. The van der Waals surface area contributed by atoms with Gasteiger partial charge in [0.05, 0.1) is 12.1 Å². The van der Waals surface area contributed by atoms with Gasteiger partial charge in [-0.1, -0.05) is 20.8 Å². The van der Waals surface area contributed by atoms with Crippen LogP contribution in [0.1, 0.15) is 52.9 Å². The van der Waals surface area contributed by atoms with E-state index in [9.17, 15) is 9.90 Å². The highest BCUT2D eigenvalue weighted by Gasteiger charge is 2.56. The maximum absolute atomic E-state index is 11.9. The van der Waals surface area contributed by atoms with Crippen LogP contribution in [0.3, 0.4) is 0 Å². The Hall–Kier alpha value is -0.553. The molecule has 0 aromatic rings. The van der Waals surface area contributed by atoms with Crippen molar-refractivity contribution in [3.8, 4) is 0 Å². The van der Waals surface area contributed by atoms with E-state index in [0.717, 1.165) is 6.42 Å². The molecule has 0 spiro atoms. The van der Waals surface area contributed by atoms with Crippen molar-refractivity contribution in [2.24, 2.45) is 11.8 Å². The highest BCUT2D eigenvalue weighted by atomic mass is 28.4. The van der Waals surface area contributed by atoms with E-state index in [-0.39, 0.29) is 23.2 Å². The monoisotopic (exact) mass is 325 g/mol. The number of rotatable bonds is 4. The zero-order valence-corrected chi connectivity index (χ0v) is 15.6. The lowest BCUT2D eigenvalue weighted by Gasteiger charge is -2.40. The molecule has 5 heteroatoms. The van der Waals surface area contributed by atoms with Crippen LogP contribution in [-0.2, 0) is 4.43 Å².